The average Bonchev–Trinajstić information content (AvgIpc) is 2.62. The van der Waals surface area contributed by atoms with Crippen LogP contribution < -0.4 is 15.4 Å². The molecule has 25 heavy (non-hydrogen) atoms. The molecule has 0 radical (unpaired) electrons. The summed E-state index contributed by atoms with van der Waals surface area (Å²) in [5.41, 5.74) is 2.05. The van der Waals surface area contributed by atoms with Crippen molar-refractivity contribution in [2.75, 3.05) is 31.9 Å². The van der Waals surface area contributed by atoms with Crippen LogP contribution in [0.1, 0.15) is 5.56 Å². The van der Waals surface area contributed by atoms with Gasteiger partial charge >= 0.3 is 12.1 Å². The van der Waals surface area contributed by atoms with E-state index in [1.165, 1.54) is 7.11 Å². The van der Waals surface area contributed by atoms with E-state index in [2.05, 4.69) is 15.4 Å². The van der Waals surface area contributed by atoms with E-state index in [4.69, 9.17) is 4.74 Å². The fourth-order valence-corrected chi connectivity index (χ4v) is 2.18. The molecule has 0 saturated heterocycles. The Morgan fingerprint density at radius 3 is 2.36 bits per heavy atom. The average molecular weight is 343 g/mol. The molecule has 7 heteroatoms. The molecule has 2 N–H and O–H groups in total. The number of ether oxygens (including phenoxy) is 2. The lowest BCUT2D eigenvalue weighted by Crippen LogP contribution is -2.30. The third-order valence-corrected chi connectivity index (χ3v) is 3.45. The van der Waals surface area contributed by atoms with Crippen LogP contribution in [0.4, 0.5) is 21.0 Å². The van der Waals surface area contributed by atoms with Crippen molar-refractivity contribution in [3.8, 4) is 5.75 Å². The number of hydrogen-bond acceptors (Lipinski definition) is 4. The van der Waals surface area contributed by atoms with Gasteiger partial charge in [0.2, 0.25) is 0 Å². The van der Waals surface area contributed by atoms with Gasteiger partial charge in [-0.25, -0.2) is 9.59 Å². The molecule has 0 aliphatic carbocycles. The van der Waals surface area contributed by atoms with Gasteiger partial charge in [0.05, 0.1) is 14.2 Å². The number of nitrogens with zero attached hydrogens (tertiary/aromatic N) is 1. The van der Waals surface area contributed by atoms with E-state index in [0.717, 1.165) is 11.3 Å². The van der Waals surface area contributed by atoms with Crippen molar-refractivity contribution >= 4 is 23.5 Å². The van der Waals surface area contributed by atoms with E-state index in [1.807, 2.05) is 24.3 Å². The molecule has 0 spiro atoms. The summed E-state index contributed by atoms with van der Waals surface area (Å²) in [6.45, 7) is 0.434. The minimum absolute atomic E-state index is 0.266. The highest BCUT2D eigenvalue weighted by Crippen LogP contribution is 2.17. The number of carbonyl (C=O) groups excluding carboxylic acids is 2. The van der Waals surface area contributed by atoms with Crippen LogP contribution in [0.3, 0.4) is 0 Å². The van der Waals surface area contributed by atoms with Gasteiger partial charge < -0.3 is 19.7 Å². The first-order chi connectivity index (χ1) is 12.0. The van der Waals surface area contributed by atoms with Gasteiger partial charge in [0.1, 0.15) is 5.75 Å². The molecule has 2 aromatic rings. The summed E-state index contributed by atoms with van der Waals surface area (Å²) in [7, 11) is 4.59. The molecule has 0 fully saturated rings. The van der Waals surface area contributed by atoms with Crippen LogP contribution >= 0.6 is 0 Å². The number of benzene rings is 2. The molecule has 0 aliphatic heterocycles. The van der Waals surface area contributed by atoms with Crippen LogP contribution in [0.5, 0.6) is 5.75 Å². The van der Waals surface area contributed by atoms with Crippen LogP contribution in [-0.2, 0) is 11.3 Å². The van der Waals surface area contributed by atoms with Gasteiger partial charge in [0.25, 0.3) is 0 Å². The quantitative estimate of drug-likeness (QED) is 0.870. The number of rotatable bonds is 5. The van der Waals surface area contributed by atoms with E-state index in [0.29, 0.717) is 17.9 Å². The standard InChI is InChI=1S/C18H21N3O4/c1-21(12-13-6-4-9-16(10-13)24-2)17(22)19-14-7-5-8-15(11-14)20-18(23)25-3/h4-11H,12H2,1-3H3,(H,19,22)(H,20,23). The Balaban J connectivity index is 1.98. The van der Waals surface area contributed by atoms with Gasteiger partial charge in [-0.2, -0.15) is 0 Å². The Hall–Kier alpha value is -3.22. The van der Waals surface area contributed by atoms with E-state index >= 15 is 0 Å². The summed E-state index contributed by atoms with van der Waals surface area (Å²) in [5.74, 6) is 0.743. The molecule has 0 unspecified atom stereocenters. The maximum Gasteiger partial charge on any atom is 0.411 e. The molecule has 7 nitrogen and oxygen atoms in total. The number of amides is 3. The first-order valence-corrected chi connectivity index (χ1v) is 7.62. The summed E-state index contributed by atoms with van der Waals surface area (Å²) < 4.78 is 9.73. The highest BCUT2D eigenvalue weighted by atomic mass is 16.5. The molecule has 0 heterocycles. The monoisotopic (exact) mass is 343 g/mol. The number of anilines is 2. The topological polar surface area (TPSA) is 79.9 Å². The lowest BCUT2D eigenvalue weighted by Gasteiger charge is -2.18. The zero-order chi connectivity index (χ0) is 18.2. The number of methoxy groups -OCH3 is 2. The maximum absolute atomic E-state index is 12.3. The largest absolute Gasteiger partial charge is 0.497 e. The lowest BCUT2D eigenvalue weighted by molar-refractivity contribution is 0.187. The predicted octanol–water partition coefficient (Wildman–Crippen LogP) is 3.54. The second-order valence-corrected chi connectivity index (χ2v) is 5.34. The summed E-state index contributed by atoms with van der Waals surface area (Å²) >= 11 is 0. The zero-order valence-corrected chi connectivity index (χ0v) is 14.4. The van der Waals surface area contributed by atoms with Crippen molar-refractivity contribution in [3.63, 3.8) is 0 Å². The number of hydrogen-bond donors (Lipinski definition) is 2. The van der Waals surface area contributed by atoms with E-state index in [1.54, 1.807) is 43.3 Å². The minimum Gasteiger partial charge on any atom is -0.497 e. The van der Waals surface area contributed by atoms with Crippen molar-refractivity contribution in [1.82, 2.24) is 4.90 Å². The third kappa shape index (κ3) is 5.42. The van der Waals surface area contributed by atoms with Gasteiger partial charge in [-0.05, 0) is 35.9 Å². The van der Waals surface area contributed by atoms with E-state index in [-0.39, 0.29) is 6.03 Å². The molecular weight excluding hydrogens is 322 g/mol. The van der Waals surface area contributed by atoms with Crippen molar-refractivity contribution < 1.29 is 19.1 Å². The van der Waals surface area contributed by atoms with Gasteiger partial charge in [-0.3, -0.25) is 5.32 Å². The first-order valence-electron chi connectivity index (χ1n) is 7.62. The SMILES string of the molecule is COC(=O)Nc1cccc(NC(=O)N(C)Cc2cccc(OC)c2)c1. The van der Waals surface area contributed by atoms with Gasteiger partial charge in [-0.15, -0.1) is 0 Å². The van der Waals surface area contributed by atoms with Crippen molar-refractivity contribution in [2.45, 2.75) is 6.54 Å². The highest BCUT2D eigenvalue weighted by molar-refractivity contribution is 5.91. The van der Waals surface area contributed by atoms with Gasteiger partial charge in [-0.1, -0.05) is 18.2 Å². The molecule has 0 saturated carbocycles. The Morgan fingerprint density at radius 2 is 1.68 bits per heavy atom. The third-order valence-electron chi connectivity index (χ3n) is 3.45. The van der Waals surface area contributed by atoms with Crippen molar-refractivity contribution in [3.05, 3.63) is 54.1 Å². The molecule has 2 aromatic carbocycles. The number of carbonyl (C=O) groups is 2. The molecule has 0 aromatic heterocycles. The molecule has 2 rings (SSSR count). The Kier molecular flexibility index (Phi) is 6.22. The van der Waals surface area contributed by atoms with Gasteiger partial charge in [0, 0.05) is 25.0 Å². The second kappa shape index (κ2) is 8.58. The summed E-state index contributed by atoms with van der Waals surface area (Å²) in [6, 6.07) is 14.1. The van der Waals surface area contributed by atoms with E-state index < -0.39 is 6.09 Å². The number of nitrogens with one attached hydrogen (secondary N) is 2. The Morgan fingerprint density at radius 1 is 1.00 bits per heavy atom. The fourth-order valence-electron chi connectivity index (χ4n) is 2.18. The molecule has 0 aliphatic rings. The van der Waals surface area contributed by atoms with Crippen molar-refractivity contribution in [1.29, 1.82) is 0 Å². The number of urea groups is 1. The summed E-state index contributed by atoms with van der Waals surface area (Å²) in [4.78, 5) is 25.1. The zero-order valence-electron chi connectivity index (χ0n) is 14.4. The Labute approximate surface area is 146 Å². The van der Waals surface area contributed by atoms with Gasteiger partial charge in [0.15, 0.2) is 0 Å². The van der Waals surface area contributed by atoms with Crippen LogP contribution in [0.15, 0.2) is 48.5 Å². The summed E-state index contributed by atoms with van der Waals surface area (Å²) in [5, 5.41) is 5.33. The summed E-state index contributed by atoms with van der Waals surface area (Å²) in [6.07, 6.45) is -0.571. The minimum atomic E-state index is -0.571. The normalized spacial score (nSPS) is 9.88. The predicted molar refractivity (Wildman–Crippen MR) is 95.9 cm³/mol. The van der Waals surface area contributed by atoms with Crippen LogP contribution in [0.2, 0.25) is 0 Å². The first kappa shape index (κ1) is 18.1. The van der Waals surface area contributed by atoms with Crippen molar-refractivity contribution in [2.24, 2.45) is 0 Å². The maximum atomic E-state index is 12.3. The molecule has 0 bridgehead atoms. The lowest BCUT2D eigenvalue weighted by atomic mass is 10.2. The van der Waals surface area contributed by atoms with Crippen LogP contribution in [-0.4, -0.2) is 38.3 Å². The smallest absolute Gasteiger partial charge is 0.411 e. The molecule has 132 valence electrons. The molecule has 3 amide bonds. The molecule has 0 atom stereocenters. The Bertz CT molecular complexity index is 749. The van der Waals surface area contributed by atoms with Crippen LogP contribution in [0.25, 0.3) is 0 Å². The van der Waals surface area contributed by atoms with Crippen LogP contribution in [0, 0.1) is 0 Å². The highest BCUT2D eigenvalue weighted by Gasteiger charge is 2.10. The molecular formula is C18H21N3O4. The fraction of sp³-hybridized carbons (Fsp3) is 0.222. The second-order valence-electron chi connectivity index (χ2n) is 5.34. The van der Waals surface area contributed by atoms with E-state index in [9.17, 15) is 9.59 Å².